The summed E-state index contributed by atoms with van der Waals surface area (Å²) >= 11 is 0. The number of hydrogen-bond donors (Lipinski definition) is 2. The predicted molar refractivity (Wildman–Crippen MR) is 121 cm³/mol. The molecule has 31 heavy (non-hydrogen) atoms. The third kappa shape index (κ3) is 5.17. The summed E-state index contributed by atoms with van der Waals surface area (Å²) in [6.45, 7) is 8.95. The van der Waals surface area contributed by atoms with Gasteiger partial charge in [0, 0.05) is 43.1 Å². The topological polar surface area (TPSA) is 68.5 Å². The van der Waals surface area contributed by atoms with Gasteiger partial charge in [0.15, 0.2) is 12.3 Å². The van der Waals surface area contributed by atoms with E-state index in [0.717, 1.165) is 69.3 Å². The first-order valence-corrected chi connectivity index (χ1v) is 11.0. The number of benzene rings is 2. The quantitative estimate of drug-likeness (QED) is 0.692. The number of piperazine rings is 2. The van der Waals surface area contributed by atoms with Gasteiger partial charge in [-0.3, -0.25) is 9.59 Å². The Bertz CT molecular complexity index is 897. The first-order chi connectivity index (χ1) is 15.0. The van der Waals surface area contributed by atoms with Crippen molar-refractivity contribution in [2.75, 3.05) is 68.7 Å². The van der Waals surface area contributed by atoms with E-state index in [1.807, 2.05) is 41.3 Å². The van der Waals surface area contributed by atoms with Crippen LogP contribution < -0.4 is 14.7 Å². The number of hydrogen-bond acceptors (Lipinski definition) is 5. The fourth-order valence-electron chi connectivity index (χ4n) is 4.37. The number of phenolic OH excluding ortho intramolecular Hbond substituents is 1. The van der Waals surface area contributed by atoms with Crippen molar-refractivity contribution >= 4 is 23.1 Å². The van der Waals surface area contributed by atoms with Gasteiger partial charge in [-0.1, -0.05) is 0 Å². The highest BCUT2D eigenvalue weighted by atomic mass is 16.3. The van der Waals surface area contributed by atoms with Crippen LogP contribution in [-0.2, 0) is 4.79 Å². The van der Waals surface area contributed by atoms with Crippen molar-refractivity contribution in [2.45, 2.75) is 6.92 Å². The maximum absolute atomic E-state index is 12.8. The van der Waals surface area contributed by atoms with Crippen LogP contribution >= 0.6 is 0 Å². The lowest BCUT2D eigenvalue weighted by atomic mass is 10.1. The fourth-order valence-corrected chi connectivity index (χ4v) is 4.37. The van der Waals surface area contributed by atoms with Crippen LogP contribution in [0, 0.1) is 0 Å². The highest BCUT2D eigenvalue weighted by Crippen LogP contribution is 2.20. The normalized spacial score (nSPS) is 17.6. The number of rotatable bonds is 5. The van der Waals surface area contributed by atoms with E-state index in [1.165, 1.54) is 4.90 Å². The van der Waals surface area contributed by atoms with Crippen LogP contribution in [0.25, 0.3) is 0 Å². The van der Waals surface area contributed by atoms with Gasteiger partial charge in [0.2, 0.25) is 0 Å². The molecule has 2 fully saturated rings. The van der Waals surface area contributed by atoms with E-state index in [1.54, 1.807) is 19.1 Å². The summed E-state index contributed by atoms with van der Waals surface area (Å²) in [5.41, 5.74) is 2.97. The Morgan fingerprint density at radius 3 is 1.87 bits per heavy atom. The number of amides is 1. The van der Waals surface area contributed by atoms with Crippen molar-refractivity contribution < 1.29 is 19.6 Å². The van der Waals surface area contributed by atoms with Gasteiger partial charge >= 0.3 is 0 Å². The molecule has 164 valence electrons. The molecule has 0 atom stereocenters. The molecule has 2 aliphatic rings. The molecule has 0 saturated carbocycles. The van der Waals surface area contributed by atoms with E-state index in [9.17, 15) is 14.7 Å². The number of carbonyl (C=O) groups is 2. The van der Waals surface area contributed by atoms with Crippen molar-refractivity contribution in [1.29, 1.82) is 0 Å². The van der Waals surface area contributed by atoms with Crippen molar-refractivity contribution in [2.24, 2.45) is 0 Å². The Morgan fingerprint density at radius 2 is 1.32 bits per heavy atom. The minimum atomic E-state index is 0.0863. The van der Waals surface area contributed by atoms with Crippen molar-refractivity contribution in [3.8, 4) is 5.75 Å². The third-order valence-corrected chi connectivity index (χ3v) is 6.36. The van der Waals surface area contributed by atoms with E-state index < -0.39 is 0 Å². The molecule has 2 N–H and O–H groups in total. The number of quaternary nitrogens is 1. The molecule has 2 aromatic carbocycles. The third-order valence-electron chi connectivity index (χ3n) is 6.36. The van der Waals surface area contributed by atoms with Gasteiger partial charge in [0.1, 0.15) is 5.75 Å². The molecule has 0 aromatic heterocycles. The SMILES string of the molecule is CC(=O)c1ccc(N2CC[NH+](CC(=O)N3CCN(c4ccc(O)cc4)CC3)CC2)cc1. The number of anilines is 2. The Labute approximate surface area is 183 Å². The van der Waals surface area contributed by atoms with Crippen LogP contribution in [0.5, 0.6) is 5.75 Å². The lowest BCUT2D eigenvalue weighted by molar-refractivity contribution is -0.892. The number of nitrogens with one attached hydrogen (secondary N) is 1. The molecule has 0 spiro atoms. The van der Waals surface area contributed by atoms with E-state index in [0.29, 0.717) is 6.54 Å². The number of nitrogens with zero attached hydrogens (tertiary/aromatic N) is 3. The number of aromatic hydroxyl groups is 1. The average Bonchev–Trinajstić information content (AvgIpc) is 2.80. The van der Waals surface area contributed by atoms with Gasteiger partial charge in [-0.05, 0) is 55.5 Å². The van der Waals surface area contributed by atoms with E-state index in [4.69, 9.17) is 0 Å². The Kier molecular flexibility index (Phi) is 6.42. The lowest BCUT2D eigenvalue weighted by Gasteiger charge is -2.37. The minimum Gasteiger partial charge on any atom is -0.508 e. The van der Waals surface area contributed by atoms with Crippen molar-refractivity contribution in [3.63, 3.8) is 0 Å². The summed E-state index contributed by atoms with van der Waals surface area (Å²) in [6, 6.07) is 15.0. The maximum Gasteiger partial charge on any atom is 0.277 e. The fraction of sp³-hybridized carbons (Fsp3) is 0.417. The summed E-state index contributed by atoms with van der Waals surface area (Å²) in [4.78, 5) is 32.2. The maximum atomic E-state index is 12.8. The molecular formula is C24H31N4O3+. The van der Waals surface area contributed by atoms with Crippen LogP contribution in [0.3, 0.4) is 0 Å². The monoisotopic (exact) mass is 423 g/mol. The van der Waals surface area contributed by atoms with E-state index in [-0.39, 0.29) is 17.4 Å². The summed E-state index contributed by atoms with van der Waals surface area (Å²) in [7, 11) is 0. The van der Waals surface area contributed by atoms with Gasteiger partial charge in [0.05, 0.1) is 26.2 Å². The van der Waals surface area contributed by atoms with Crippen LogP contribution in [0.4, 0.5) is 11.4 Å². The van der Waals surface area contributed by atoms with E-state index >= 15 is 0 Å². The molecule has 2 saturated heterocycles. The second-order valence-corrected chi connectivity index (χ2v) is 8.40. The predicted octanol–water partition coefficient (Wildman–Crippen LogP) is 0.649. The van der Waals surface area contributed by atoms with Crippen LogP contribution in [0.15, 0.2) is 48.5 Å². The zero-order valence-corrected chi connectivity index (χ0v) is 18.1. The number of carbonyl (C=O) groups excluding carboxylic acids is 2. The zero-order valence-electron chi connectivity index (χ0n) is 18.1. The molecule has 1 amide bonds. The summed E-state index contributed by atoms with van der Waals surface area (Å²) < 4.78 is 0. The second-order valence-electron chi connectivity index (χ2n) is 8.40. The van der Waals surface area contributed by atoms with Crippen LogP contribution in [0.1, 0.15) is 17.3 Å². The lowest BCUT2D eigenvalue weighted by Crippen LogP contribution is -3.16. The van der Waals surface area contributed by atoms with Gasteiger partial charge < -0.3 is 24.7 Å². The first kappa shape index (κ1) is 21.2. The largest absolute Gasteiger partial charge is 0.508 e. The molecule has 2 aliphatic heterocycles. The molecule has 7 heteroatoms. The highest BCUT2D eigenvalue weighted by molar-refractivity contribution is 5.94. The molecule has 0 radical (unpaired) electrons. The first-order valence-electron chi connectivity index (χ1n) is 11.0. The molecule has 4 rings (SSSR count). The molecule has 0 aliphatic carbocycles. The summed E-state index contributed by atoms with van der Waals surface area (Å²) in [5.74, 6) is 0.594. The Hall–Kier alpha value is -3.06. The molecule has 2 heterocycles. The van der Waals surface area contributed by atoms with Gasteiger partial charge in [-0.2, -0.15) is 0 Å². The molecule has 0 unspecified atom stereocenters. The summed E-state index contributed by atoms with van der Waals surface area (Å²) in [5, 5.41) is 9.45. The minimum absolute atomic E-state index is 0.0863. The Balaban J connectivity index is 1.22. The van der Waals surface area contributed by atoms with Crippen molar-refractivity contribution in [3.05, 3.63) is 54.1 Å². The number of ketones is 1. The second kappa shape index (κ2) is 9.39. The van der Waals surface area contributed by atoms with Gasteiger partial charge in [-0.15, -0.1) is 0 Å². The molecule has 7 nitrogen and oxygen atoms in total. The van der Waals surface area contributed by atoms with E-state index in [2.05, 4.69) is 9.80 Å². The molecular weight excluding hydrogens is 392 g/mol. The smallest absolute Gasteiger partial charge is 0.277 e. The van der Waals surface area contributed by atoms with Crippen LogP contribution in [0.2, 0.25) is 0 Å². The summed E-state index contributed by atoms with van der Waals surface area (Å²) in [6.07, 6.45) is 0. The van der Waals surface area contributed by atoms with Gasteiger partial charge in [0.25, 0.3) is 5.91 Å². The molecule has 0 bridgehead atoms. The zero-order chi connectivity index (χ0) is 21.8. The number of phenols is 1. The van der Waals surface area contributed by atoms with Crippen molar-refractivity contribution in [1.82, 2.24) is 4.90 Å². The Morgan fingerprint density at radius 1 is 0.806 bits per heavy atom. The van der Waals surface area contributed by atoms with Crippen LogP contribution in [-0.4, -0.2) is 80.6 Å². The average molecular weight is 424 g/mol. The van der Waals surface area contributed by atoms with Gasteiger partial charge in [-0.25, -0.2) is 0 Å². The number of Topliss-reactive ketones (excluding diaryl/α,β-unsaturated/α-hetero) is 1. The standard InChI is InChI=1S/C24H30N4O3/c1-19(29)20-2-4-21(5-3-20)26-12-10-25(11-13-26)18-24(31)28-16-14-27(15-17-28)22-6-8-23(30)9-7-22/h2-9,30H,10-18H2,1H3/p+1. The highest BCUT2D eigenvalue weighted by Gasteiger charge is 2.27. The molecule has 2 aromatic rings.